The average molecular weight is 234 g/mol. The summed E-state index contributed by atoms with van der Waals surface area (Å²) in [7, 11) is 0. The van der Waals surface area contributed by atoms with E-state index >= 15 is 0 Å². The highest BCUT2D eigenvalue weighted by Gasteiger charge is 2.16. The number of rotatable bonds is 2. The molecule has 1 aliphatic carbocycles. The molecule has 2 heterocycles. The van der Waals surface area contributed by atoms with Crippen molar-refractivity contribution in [2.45, 2.75) is 38.1 Å². The van der Waals surface area contributed by atoms with Gasteiger partial charge in [0.1, 0.15) is 5.82 Å². The number of hydrogen-bond donors (Lipinski definition) is 1. The summed E-state index contributed by atoms with van der Waals surface area (Å²) in [6.07, 6.45) is 6.32. The minimum absolute atomic E-state index is 0.630. The molecule has 0 amide bonds. The molecule has 2 aliphatic rings. The summed E-state index contributed by atoms with van der Waals surface area (Å²) in [6.45, 7) is 0. The van der Waals surface area contributed by atoms with E-state index in [4.69, 9.17) is 4.98 Å². The molecule has 0 radical (unpaired) electrons. The van der Waals surface area contributed by atoms with Crippen LogP contribution in [-0.4, -0.2) is 22.5 Å². The van der Waals surface area contributed by atoms with E-state index in [1.165, 1.54) is 54.9 Å². The summed E-state index contributed by atoms with van der Waals surface area (Å²) in [6, 6.07) is 5.04. The van der Waals surface area contributed by atoms with Crippen molar-refractivity contribution in [3.63, 3.8) is 0 Å². The van der Waals surface area contributed by atoms with Crippen LogP contribution in [0.2, 0.25) is 0 Å². The Hall–Kier alpha value is -0.700. The number of nitrogens with one attached hydrogen (secondary N) is 1. The first-order valence-corrected chi connectivity index (χ1v) is 7.40. The van der Waals surface area contributed by atoms with Gasteiger partial charge >= 0.3 is 0 Å². The van der Waals surface area contributed by atoms with Gasteiger partial charge in [0.25, 0.3) is 0 Å². The van der Waals surface area contributed by atoms with Crippen molar-refractivity contribution in [2.24, 2.45) is 0 Å². The van der Waals surface area contributed by atoms with Gasteiger partial charge in [0.2, 0.25) is 0 Å². The highest BCUT2D eigenvalue weighted by atomic mass is 32.2. The number of pyridine rings is 1. The van der Waals surface area contributed by atoms with E-state index in [0.717, 1.165) is 5.82 Å². The van der Waals surface area contributed by atoms with Crippen molar-refractivity contribution >= 4 is 17.6 Å². The molecule has 0 spiro atoms. The number of thioether (sulfide) groups is 1. The lowest BCUT2D eigenvalue weighted by Crippen LogP contribution is -2.26. The fourth-order valence-corrected chi connectivity index (χ4v) is 3.64. The zero-order chi connectivity index (χ0) is 10.8. The van der Waals surface area contributed by atoms with Crippen LogP contribution < -0.4 is 5.32 Å². The number of fused-ring (bicyclic) bond motifs is 1. The van der Waals surface area contributed by atoms with Crippen LogP contribution >= 0.6 is 11.8 Å². The number of aromatic nitrogens is 1. The molecule has 0 aromatic carbocycles. The first-order chi connectivity index (χ1) is 7.92. The van der Waals surface area contributed by atoms with Gasteiger partial charge in [-0.1, -0.05) is 6.07 Å². The van der Waals surface area contributed by atoms with Crippen molar-refractivity contribution in [1.29, 1.82) is 0 Å². The minimum atomic E-state index is 0.630. The predicted molar refractivity (Wildman–Crippen MR) is 70.2 cm³/mol. The Balaban J connectivity index is 1.69. The summed E-state index contributed by atoms with van der Waals surface area (Å²) in [5.41, 5.74) is 2.79. The van der Waals surface area contributed by atoms with E-state index < -0.39 is 0 Å². The summed E-state index contributed by atoms with van der Waals surface area (Å²) in [4.78, 5) is 4.73. The zero-order valence-corrected chi connectivity index (χ0v) is 10.4. The number of hydrogen-bond acceptors (Lipinski definition) is 3. The van der Waals surface area contributed by atoms with Crippen molar-refractivity contribution in [3.05, 3.63) is 23.4 Å². The Bertz CT molecular complexity index is 372. The van der Waals surface area contributed by atoms with Gasteiger partial charge in [-0.05, 0) is 49.5 Å². The Morgan fingerprint density at radius 2 is 2.25 bits per heavy atom. The summed E-state index contributed by atoms with van der Waals surface area (Å²) >= 11 is 2.06. The SMILES string of the molecule is c1cc2c(nc1NC1CCCSC1)CCC2. The fourth-order valence-electron chi connectivity index (χ4n) is 2.56. The van der Waals surface area contributed by atoms with Gasteiger partial charge in [0, 0.05) is 17.5 Å². The lowest BCUT2D eigenvalue weighted by molar-refractivity contribution is 0.682. The Kier molecular flexibility index (Phi) is 3.04. The van der Waals surface area contributed by atoms with Crippen LogP contribution in [0.4, 0.5) is 5.82 Å². The van der Waals surface area contributed by atoms with E-state index in [1.807, 2.05) is 0 Å². The van der Waals surface area contributed by atoms with Crippen LogP contribution in [0.5, 0.6) is 0 Å². The van der Waals surface area contributed by atoms with Gasteiger partial charge in [-0.2, -0.15) is 11.8 Å². The van der Waals surface area contributed by atoms with E-state index in [0.29, 0.717) is 6.04 Å². The third-order valence-electron chi connectivity index (χ3n) is 3.44. The predicted octanol–water partition coefficient (Wildman–Crippen LogP) is 2.88. The lowest BCUT2D eigenvalue weighted by Gasteiger charge is -2.23. The third-order valence-corrected chi connectivity index (χ3v) is 4.66. The zero-order valence-electron chi connectivity index (χ0n) is 9.54. The molecule has 1 atom stereocenters. The second-order valence-electron chi connectivity index (χ2n) is 4.71. The van der Waals surface area contributed by atoms with Gasteiger partial charge in [-0.3, -0.25) is 0 Å². The summed E-state index contributed by atoms with van der Waals surface area (Å²) in [5.74, 6) is 3.65. The van der Waals surface area contributed by atoms with Crippen molar-refractivity contribution < 1.29 is 0 Å². The molecular weight excluding hydrogens is 216 g/mol. The minimum Gasteiger partial charge on any atom is -0.367 e. The van der Waals surface area contributed by atoms with E-state index in [-0.39, 0.29) is 0 Å². The third kappa shape index (κ3) is 2.19. The standard InChI is InChI=1S/C13H18N2S/c1-3-10-6-7-13(15-12(10)5-1)14-11-4-2-8-16-9-11/h6-7,11H,1-5,8-9H2,(H,14,15). The first kappa shape index (κ1) is 10.5. The first-order valence-electron chi connectivity index (χ1n) is 6.25. The number of nitrogens with zero attached hydrogens (tertiary/aromatic N) is 1. The monoisotopic (exact) mass is 234 g/mol. The normalized spacial score (nSPS) is 24.1. The second kappa shape index (κ2) is 4.66. The summed E-state index contributed by atoms with van der Waals surface area (Å²) in [5, 5.41) is 3.58. The van der Waals surface area contributed by atoms with E-state index in [9.17, 15) is 0 Å². The van der Waals surface area contributed by atoms with E-state index in [2.05, 4.69) is 29.2 Å². The molecule has 1 unspecified atom stereocenters. The second-order valence-corrected chi connectivity index (χ2v) is 5.86. The molecule has 16 heavy (non-hydrogen) atoms. The quantitative estimate of drug-likeness (QED) is 0.851. The molecule has 1 aliphatic heterocycles. The van der Waals surface area contributed by atoms with Crippen molar-refractivity contribution in [3.8, 4) is 0 Å². The van der Waals surface area contributed by atoms with Gasteiger partial charge < -0.3 is 5.32 Å². The van der Waals surface area contributed by atoms with Crippen molar-refractivity contribution in [2.75, 3.05) is 16.8 Å². The molecule has 86 valence electrons. The Labute approximate surface area is 101 Å². The van der Waals surface area contributed by atoms with Crippen LogP contribution in [0.15, 0.2) is 12.1 Å². The molecule has 3 heteroatoms. The average Bonchev–Trinajstić information content (AvgIpc) is 2.77. The molecule has 1 saturated heterocycles. The van der Waals surface area contributed by atoms with Gasteiger partial charge in [-0.15, -0.1) is 0 Å². The lowest BCUT2D eigenvalue weighted by atomic mass is 10.2. The van der Waals surface area contributed by atoms with Crippen molar-refractivity contribution in [1.82, 2.24) is 4.98 Å². The highest BCUT2D eigenvalue weighted by Crippen LogP contribution is 2.24. The van der Waals surface area contributed by atoms with Gasteiger partial charge in [0.15, 0.2) is 0 Å². The Morgan fingerprint density at radius 1 is 1.25 bits per heavy atom. The largest absolute Gasteiger partial charge is 0.367 e. The molecular formula is C13H18N2S. The van der Waals surface area contributed by atoms with Crippen LogP contribution in [0.3, 0.4) is 0 Å². The Morgan fingerprint density at radius 3 is 3.12 bits per heavy atom. The molecule has 0 saturated carbocycles. The molecule has 3 rings (SSSR count). The molecule has 1 N–H and O–H groups in total. The smallest absolute Gasteiger partial charge is 0.126 e. The van der Waals surface area contributed by atoms with Crippen LogP contribution in [-0.2, 0) is 12.8 Å². The van der Waals surface area contributed by atoms with Crippen LogP contribution in [0, 0.1) is 0 Å². The molecule has 0 bridgehead atoms. The maximum absolute atomic E-state index is 4.73. The van der Waals surface area contributed by atoms with E-state index in [1.54, 1.807) is 0 Å². The molecule has 2 nitrogen and oxygen atoms in total. The topological polar surface area (TPSA) is 24.9 Å². The maximum Gasteiger partial charge on any atom is 0.126 e. The summed E-state index contributed by atoms with van der Waals surface area (Å²) < 4.78 is 0. The van der Waals surface area contributed by atoms with Crippen LogP contribution in [0.1, 0.15) is 30.5 Å². The molecule has 1 fully saturated rings. The number of aryl methyl sites for hydroxylation is 2. The fraction of sp³-hybridized carbons (Fsp3) is 0.615. The highest BCUT2D eigenvalue weighted by molar-refractivity contribution is 7.99. The van der Waals surface area contributed by atoms with Crippen LogP contribution in [0.25, 0.3) is 0 Å². The van der Waals surface area contributed by atoms with Gasteiger partial charge in [-0.25, -0.2) is 4.98 Å². The maximum atomic E-state index is 4.73. The van der Waals surface area contributed by atoms with Gasteiger partial charge in [0.05, 0.1) is 0 Å². The molecule has 1 aromatic rings. The number of anilines is 1. The molecule has 1 aromatic heterocycles.